The molecule has 1 aromatic rings. The predicted octanol–water partition coefficient (Wildman–Crippen LogP) is 1.76. The van der Waals surface area contributed by atoms with Crippen LogP contribution in [0.15, 0.2) is 5.16 Å². The fourth-order valence-corrected chi connectivity index (χ4v) is 2.37. The second-order valence-corrected chi connectivity index (χ2v) is 5.05. The van der Waals surface area contributed by atoms with Crippen LogP contribution in [-0.2, 0) is 9.63 Å². The Hall–Kier alpha value is -1.50. The van der Waals surface area contributed by atoms with Crippen molar-refractivity contribution in [2.75, 3.05) is 5.73 Å². The van der Waals surface area contributed by atoms with Gasteiger partial charge in [0.1, 0.15) is 6.10 Å². The van der Waals surface area contributed by atoms with E-state index in [1.54, 1.807) is 0 Å². The fraction of sp³-hybridized carbons (Fsp3) is 0.636. The zero-order valence-electron chi connectivity index (χ0n) is 10.0. The summed E-state index contributed by atoms with van der Waals surface area (Å²) in [7, 11) is 0. The van der Waals surface area contributed by atoms with Crippen molar-refractivity contribution in [3.63, 3.8) is 0 Å². The third-order valence-corrected chi connectivity index (χ3v) is 3.43. The molecule has 0 spiro atoms. The van der Waals surface area contributed by atoms with Crippen LogP contribution in [0.3, 0.4) is 0 Å². The molecule has 1 aromatic heterocycles. The highest BCUT2D eigenvalue weighted by molar-refractivity contribution is 7.09. The van der Waals surface area contributed by atoms with Crippen molar-refractivity contribution in [2.24, 2.45) is 5.16 Å². The molecule has 0 amide bonds. The molecule has 0 aromatic carbocycles. The Morgan fingerprint density at radius 1 is 1.39 bits per heavy atom. The van der Waals surface area contributed by atoms with Crippen molar-refractivity contribution in [3.8, 4) is 0 Å². The van der Waals surface area contributed by atoms with E-state index < -0.39 is 0 Å². The number of aromatic nitrogens is 2. The molecule has 2 N–H and O–H groups in total. The molecule has 0 atom stereocenters. The van der Waals surface area contributed by atoms with Gasteiger partial charge in [0, 0.05) is 11.5 Å². The molecule has 1 fully saturated rings. The Bertz CT molecular complexity index is 424. The minimum atomic E-state index is 0.0958. The van der Waals surface area contributed by atoms with Crippen molar-refractivity contribution in [1.82, 2.24) is 9.36 Å². The molecule has 0 bridgehead atoms. The summed E-state index contributed by atoms with van der Waals surface area (Å²) >= 11 is 1.03. The molecule has 6 nitrogen and oxygen atoms in total. The van der Waals surface area contributed by atoms with Crippen molar-refractivity contribution < 1.29 is 9.63 Å². The number of nitrogen functional groups attached to an aromatic ring is 1. The quantitative estimate of drug-likeness (QED) is 0.389. The Morgan fingerprint density at radius 2 is 2.11 bits per heavy atom. The summed E-state index contributed by atoms with van der Waals surface area (Å²) in [4.78, 5) is 20.3. The number of nitrogens with zero attached hydrogens (tertiary/aromatic N) is 3. The first-order valence-electron chi connectivity index (χ1n) is 6.08. The number of carbonyl (C=O) groups excluding carboxylic acids is 1. The van der Waals surface area contributed by atoms with Gasteiger partial charge in [0.05, 0.1) is 0 Å². The molecule has 98 valence electrons. The SMILES string of the molecule is Nc1nc(C(C=O)=NOC2CCCCCC2)ns1. The smallest absolute Gasteiger partial charge is 0.200 e. The highest BCUT2D eigenvalue weighted by Gasteiger charge is 2.15. The van der Waals surface area contributed by atoms with E-state index in [0.717, 1.165) is 37.2 Å². The summed E-state index contributed by atoms with van der Waals surface area (Å²) < 4.78 is 3.93. The zero-order valence-corrected chi connectivity index (χ0v) is 10.9. The number of oxime groups is 1. The van der Waals surface area contributed by atoms with E-state index in [-0.39, 0.29) is 17.6 Å². The maximum absolute atomic E-state index is 10.9. The van der Waals surface area contributed by atoms with E-state index in [4.69, 9.17) is 10.6 Å². The number of hydrogen-bond donors (Lipinski definition) is 1. The Kier molecular flexibility index (Phi) is 4.63. The lowest BCUT2D eigenvalue weighted by Crippen LogP contribution is -2.12. The van der Waals surface area contributed by atoms with Gasteiger partial charge in [0.15, 0.2) is 23.0 Å². The second-order valence-electron chi connectivity index (χ2n) is 4.27. The van der Waals surface area contributed by atoms with Gasteiger partial charge in [0.2, 0.25) is 0 Å². The third kappa shape index (κ3) is 3.49. The van der Waals surface area contributed by atoms with Crippen LogP contribution >= 0.6 is 11.5 Å². The molecule has 1 aliphatic rings. The lowest BCUT2D eigenvalue weighted by Gasteiger charge is -2.11. The van der Waals surface area contributed by atoms with Crippen LogP contribution in [0, 0.1) is 0 Å². The summed E-state index contributed by atoms with van der Waals surface area (Å²) in [6.07, 6.45) is 7.46. The molecule has 0 unspecified atom stereocenters. The molecule has 1 saturated carbocycles. The van der Waals surface area contributed by atoms with Gasteiger partial charge in [-0.05, 0) is 25.7 Å². The maximum Gasteiger partial charge on any atom is 0.200 e. The van der Waals surface area contributed by atoms with Gasteiger partial charge in [-0.15, -0.1) is 0 Å². The van der Waals surface area contributed by atoms with Gasteiger partial charge in [-0.1, -0.05) is 18.0 Å². The van der Waals surface area contributed by atoms with Crippen LogP contribution in [0.4, 0.5) is 5.13 Å². The lowest BCUT2D eigenvalue weighted by molar-refractivity contribution is -0.102. The van der Waals surface area contributed by atoms with Crippen molar-refractivity contribution in [2.45, 2.75) is 44.6 Å². The monoisotopic (exact) mass is 268 g/mol. The Balaban J connectivity index is 1.99. The number of aldehydes is 1. The molecule has 0 aliphatic heterocycles. The van der Waals surface area contributed by atoms with E-state index in [1.165, 1.54) is 12.8 Å². The van der Waals surface area contributed by atoms with Gasteiger partial charge < -0.3 is 10.6 Å². The molecule has 7 heteroatoms. The van der Waals surface area contributed by atoms with Crippen LogP contribution < -0.4 is 5.73 Å². The molecule has 2 rings (SSSR count). The van der Waals surface area contributed by atoms with E-state index in [1.807, 2.05) is 0 Å². The van der Waals surface area contributed by atoms with Crippen LogP contribution in [0.5, 0.6) is 0 Å². The predicted molar refractivity (Wildman–Crippen MR) is 69.5 cm³/mol. The van der Waals surface area contributed by atoms with E-state index in [0.29, 0.717) is 11.4 Å². The average molecular weight is 268 g/mol. The summed E-state index contributed by atoms with van der Waals surface area (Å²) in [5, 5.41) is 4.18. The highest BCUT2D eigenvalue weighted by Crippen LogP contribution is 2.20. The molecular weight excluding hydrogens is 252 g/mol. The summed E-state index contributed by atoms with van der Waals surface area (Å²) in [5.41, 5.74) is 5.57. The third-order valence-electron chi connectivity index (χ3n) is 2.88. The number of hydrogen-bond acceptors (Lipinski definition) is 7. The largest absolute Gasteiger partial charge is 0.392 e. The molecule has 1 heterocycles. The topological polar surface area (TPSA) is 90.5 Å². The fourth-order valence-electron chi connectivity index (χ4n) is 1.93. The molecule has 1 aliphatic carbocycles. The van der Waals surface area contributed by atoms with Crippen molar-refractivity contribution in [3.05, 3.63) is 5.82 Å². The molecule has 18 heavy (non-hydrogen) atoms. The van der Waals surface area contributed by atoms with Gasteiger partial charge in [-0.25, -0.2) is 0 Å². The van der Waals surface area contributed by atoms with Gasteiger partial charge in [-0.2, -0.15) is 9.36 Å². The standard InChI is InChI=1S/C11H16N4O2S/c12-11-13-10(15-18-11)9(7-16)14-17-8-5-3-1-2-4-6-8/h7-8H,1-6H2,(H2,12,13,15). The summed E-state index contributed by atoms with van der Waals surface area (Å²) in [6.45, 7) is 0. The summed E-state index contributed by atoms with van der Waals surface area (Å²) in [6, 6.07) is 0. The second kappa shape index (κ2) is 6.44. The Morgan fingerprint density at radius 3 is 2.67 bits per heavy atom. The van der Waals surface area contributed by atoms with Crippen LogP contribution in [0.2, 0.25) is 0 Å². The first kappa shape index (κ1) is 12.9. The van der Waals surface area contributed by atoms with Gasteiger partial charge in [-0.3, -0.25) is 4.79 Å². The maximum atomic E-state index is 10.9. The number of nitrogens with two attached hydrogens (primary N) is 1. The number of anilines is 1. The van der Waals surface area contributed by atoms with Crippen LogP contribution in [-0.4, -0.2) is 27.5 Å². The van der Waals surface area contributed by atoms with E-state index >= 15 is 0 Å². The first-order valence-corrected chi connectivity index (χ1v) is 6.85. The first-order chi connectivity index (χ1) is 8.79. The molecule has 0 radical (unpaired) electrons. The average Bonchev–Trinajstić information content (AvgIpc) is 2.65. The van der Waals surface area contributed by atoms with Gasteiger partial charge >= 0.3 is 0 Å². The number of carbonyl (C=O) groups is 1. The summed E-state index contributed by atoms with van der Waals surface area (Å²) in [5.74, 6) is 0.237. The minimum Gasteiger partial charge on any atom is -0.392 e. The van der Waals surface area contributed by atoms with E-state index in [2.05, 4.69) is 14.5 Å². The lowest BCUT2D eigenvalue weighted by atomic mass is 10.2. The normalized spacial score (nSPS) is 18.3. The molecule has 0 saturated heterocycles. The zero-order chi connectivity index (χ0) is 12.8. The highest BCUT2D eigenvalue weighted by atomic mass is 32.1. The van der Waals surface area contributed by atoms with Gasteiger partial charge in [0.25, 0.3) is 0 Å². The minimum absolute atomic E-state index is 0.0958. The Labute approximate surface area is 109 Å². The molecular formula is C11H16N4O2S. The number of rotatable bonds is 4. The van der Waals surface area contributed by atoms with Crippen LogP contribution in [0.25, 0.3) is 0 Å². The van der Waals surface area contributed by atoms with Crippen LogP contribution in [0.1, 0.15) is 44.3 Å². The van der Waals surface area contributed by atoms with Crippen molar-refractivity contribution in [1.29, 1.82) is 0 Å². The van der Waals surface area contributed by atoms with E-state index in [9.17, 15) is 4.79 Å². The van der Waals surface area contributed by atoms with Crippen molar-refractivity contribution >= 4 is 28.7 Å².